The van der Waals surface area contributed by atoms with E-state index in [1.165, 1.54) is 0 Å². The van der Waals surface area contributed by atoms with Gasteiger partial charge in [0.25, 0.3) is 18.2 Å². The van der Waals surface area contributed by atoms with Gasteiger partial charge in [0.05, 0.1) is 11.8 Å². The third-order valence-electron chi connectivity index (χ3n) is 2.34. The van der Waals surface area contributed by atoms with Gasteiger partial charge in [-0.15, -0.1) is 0 Å². The van der Waals surface area contributed by atoms with Crippen LogP contribution in [-0.2, 0) is 9.59 Å². The first-order chi connectivity index (χ1) is 9.36. The summed E-state index contributed by atoms with van der Waals surface area (Å²) in [6, 6.07) is 4.90. The highest BCUT2D eigenvalue weighted by Gasteiger charge is 2.28. The highest BCUT2D eigenvalue weighted by Crippen LogP contribution is 2.35. The molecule has 1 unspecified atom stereocenters. The molecule has 110 valence electrons. The molecule has 1 aromatic rings. The van der Waals surface area contributed by atoms with Crippen LogP contribution in [-0.4, -0.2) is 40.0 Å². The van der Waals surface area contributed by atoms with Gasteiger partial charge in [0.1, 0.15) is 0 Å². The molecule has 0 radical (unpaired) electrons. The Balaban J connectivity index is 0.000000444. The lowest BCUT2D eigenvalue weighted by Crippen LogP contribution is -2.37. The first-order valence-corrected chi connectivity index (χ1v) is 5.73. The van der Waals surface area contributed by atoms with Gasteiger partial charge < -0.3 is 31.1 Å². The molecule has 20 heavy (non-hydrogen) atoms. The zero-order chi connectivity index (χ0) is 15.3. The molecule has 0 fully saturated rings. The largest absolute Gasteiger partial charge is 0.481 e. The normalized spacial score (nSPS) is 17.8. The Morgan fingerprint density at radius 2 is 2.15 bits per heavy atom. The SMILES string of the molecule is CC(=O)O.NCC(O)c1cccc2c1O[C@H](O)C(=O)N2. The monoisotopic (exact) mass is 284 g/mol. The van der Waals surface area contributed by atoms with E-state index in [1.807, 2.05) is 0 Å². The van der Waals surface area contributed by atoms with Crippen molar-refractivity contribution in [3.8, 4) is 5.75 Å². The molecule has 1 aliphatic rings. The molecule has 2 atom stereocenters. The van der Waals surface area contributed by atoms with Crippen molar-refractivity contribution in [1.82, 2.24) is 0 Å². The summed E-state index contributed by atoms with van der Waals surface area (Å²) in [4.78, 5) is 20.1. The number of hydrogen-bond donors (Lipinski definition) is 5. The number of nitrogens with one attached hydrogen (secondary N) is 1. The molecule has 0 aromatic heterocycles. The summed E-state index contributed by atoms with van der Waals surface area (Å²) in [7, 11) is 0. The minimum Gasteiger partial charge on any atom is -0.481 e. The summed E-state index contributed by atoms with van der Waals surface area (Å²) in [6.45, 7) is 1.11. The molecule has 8 nitrogen and oxygen atoms in total. The topological polar surface area (TPSA) is 142 Å². The molecule has 1 heterocycles. The average Bonchev–Trinajstić information content (AvgIpc) is 2.38. The molecule has 0 aliphatic carbocycles. The van der Waals surface area contributed by atoms with E-state index in [0.29, 0.717) is 11.3 Å². The quantitative estimate of drug-likeness (QED) is 0.489. The van der Waals surface area contributed by atoms with Crippen molar-refractivity contribution < 1.29 is 29.6 Å². The lowest BCUT2D eigenvalue weighted by atomic mass is 10.1. The van der Waals surface area contributed by atoms with Crippen LogP contribution >= 0.6 is 0 Å². The van der Waals surface area contributed by atoms with Crippen LogP contribution in [0.5, 0.6) is 5.75 Å². The van der Waals surface area contributed by atoms with Gasteiger partial charge >= 0.3 is 0 Å². The average molecular weight is 284 g/mol. The standard InChI is InChI=1S/C10H12N2O4.C2H4O2/c11-4-7(13)5-2-1-3-6-8(5)16-10(15)9(14)12-6;1-2(3)4/h1-3,7,10,13,15H,4,11H2,(H,12,14);1H3,(H,3,4)/t7?,10-;/m0./s1. The van der Waals surface area contributed by atoms with E-state index >= 15 is 0 Å². The maximum atomic E-state index is 11.1. The van der Waals surface area contributed by atoms with E-state index in [9.17, 15) is 15.0 Å². The zero-order valence-corrected chi connectivity index (χ0v) is 10.7. The van der Waals surface area contributed by atoms with Crippen molar-refractivity contribution in [3.05, 3.63) is 23.8 Å². The number of aliphatic carboxylic acids is 1. The van der Waals surface area contributed by atoms with Gasteiger partial charge in [-0.25, -0.2) is 0 Å². The Morgan fingerprint density at radius 1 is 1.55 bits per heavy atom. The molecule has 1 aliphatic heterocycles. The number of para-hydroxylation sites is 1. The van der Waals surface area contributed by atoms with Gasteiger partial charge in [-0.3, -0.25) is 9.59 Å². The van der Waals surface area contributed by atoms with Crippen LogP contribution in [0.4, 0.5) is 5.69 Å². The molecule has 1 amide bonds. The second kappa shape index (κ2) is 6.85. The maximum absolute atomic E-state index is 11.1. The third-order valence-corrected chi connectivity index (χ3v) is 2.34. The number of hydrogen-bond acceptors (Lipinski definition) is 6. The van der Waals surface area contributed by atoms with E-state index in [1.54, 1.807) is 18.2 Å². The molecule has 8 heteroatoms. The van der Waals surface area contributed by atoms with E-state index in [-0.39, 0.29) is 12.3 Å². The number of amides is 1. The highest BCUT2D eigenvalue weighted by atomic mass is 16.6. The number of aliphatic hydroxyl groups is 2. The van der Waals surface area contributed by atoms with Crippen molar-refractivity contribution in [2.24, 2.45) is 5.73 Å². The lowest BCUT2D eigenvalue weighted by molar-refractivity contribution is -0.139. The van der Waals surface area contributed by atoms with Crippen LogP contribution in [0.1, 0.15) is 18.6 Å². The first kappa shape index (κ1) is 15.9. The number of fused-ring (bicyclic) bond motifs is 1. The minimum atomic E-state index is -1.56. The van der Waals surface area contributed by atoms with Gasteiger partial charge in [-0.05, 0) is 6.07 Å². The van der Waals surface area contributed by atoms with Gasteiger partial charge in [0.2, 0.25) is 0 Å². The number of benzene rings is 1. The number of nitrogens with two attached hydrogens (primary N) is 1. The number of carbonyl (C=O) groups excluding carboxylic acids is 1. The van der Waals surface area contributed by atoms with Crippen molar-refractivity contribution in [3.63, 3.8) is 0 Å². The maximum Gasteiger partial charge on any atom is 0.300 e. The molecule has 0 saturated heterocycles. The molecule has 0 spiro atoms. The number of rotatable bonds is 2. The summed E-state index contributed by atoms with van der Waals surface area (Å²) in [5.41, 5.74) is 6.20. The summed E-state index contributed by atoms with van der Waals surface area (Å²) in [5, 5.41) is 28.8. The van der Waals surface area contributed by atoms with Gasteiger partial charge in [-0.2, -0.15) is 0 Å². The zero-order valence-electron chi connectivity index (χ0n) is 10.7. The van der Waals surface area contributed by atoms with E-state index in [2.05, 4.69) is 5.32 Å². The van der Waals surface area contributed by atoms with Crippen LogP contribution in [0, 0.1) is 0 Å². The van der Waals surface area contributed by atoms with Gasteiger partial charge in [0.15, 0.2) is 5.75 Å². The molecule has 2 rings (SSSR count). The third kappa shape index (κ3) is 3.92. The van der Waals surface area contributed by atoms with E-state index in [0.717, 1.165) is 6.92 Å². The second-order valence-corrected chi connectivity index (χ2v) is 3.95. The van der Waals surface area contributed by atoms with Crippen LogP contribution in [0.15, 0.2) is 18.2 Å². The van der Waals surface area contributed by atoms with Crippen LogP contribution in [0.2, 0.25) is 0 Å². The lowest BCUT2D eigenvalue weighted by Gasteiger charge is -2.25. The summed E-state index contributed by atoms with van der Waals surface area (Å²) >= 11 is 0. The number of carboxylic acids is 1. The molecule has 1 aromatic carbocycles. The van der Waals surface area contributed by atoms with Crippen molar-refractivity contribution >= 4 is 17.6 Å². The number of carboxylic acid groups (broad SMARTS) is 1. The smallest absolute Gasteiger partial charge is 0.300 e. The van der Waals surface area contributed by atoms with Gasteiger partial charge in [0, 0.05) is 19.0 Å². The highest BCUT2D eigenvalue weighted by molar-refractivity contribution is 5.97. The molecular formula is C12H16N2O6. The minimum absolute atomic E-state index is 0.0316. The first-order valence-electron chi connectivity index (χ1n) is 5.73. The fraction of sp³-hybridized carbons (Fsp3) is 0.333. The van der Waals surface area contributed by atoms with Crippen molar-refractivity contribution in [2.45, 2.75) is 19.3 Å². The van der Waals surface area contributed by atoms with Crippen LogP contribution in [0.25, 0.3) is 0 Å². The van der Waals surface area contributed by atoms with Crippen molar-refractivity contribution in [1.29, 1.82) is 0 Å². The molecule has 6 N–H and O–H groups in total. The Labute approximate surface area is 114 Å². The summed E-state index contributed by atoms with van der Waals surface area (Å²) in [5.74, 6) is -1.21. The van der Waals surface area contributed by atoms with E-state index in [4.69, 9.17) is 20.4 Å². The number of ether oxygens (including phenoxy) is 1. The van der Waals surface area contributed by atoms with Crippen molar-refractivity contribution in [2.75, 3.05) is 11.9 Å². The summed E-state index contributed by atoms with van der Waals surface area (Å²) < 4.78 is 5.03. The predicted molar refractivity (Wildman–Crippen MR) is 69.0 cm³/mol. The van der Waals surface area contributed by atoms with Gasteiger partial charge in [-0.1, -0.05) is 12.1 Å². The Morgan fingerprint density at radius 3 is 2.70 bits per heavy atom. The Kier molecular flexibility index (Phi) is 5.44. The second-order valence-electron chi connectivity index (χ2n) is 3.95. The summed E-state index contributed by atoms with van der Waals surface area (Å²) in [6.07, 6.45) is -2.45. The van der Waals surface area contributed by atoms with Crippen LogP contribution in [0.3, 0.4) is 0 Å². The number of aliphatic hydroxyl groups excluding tert-OH is 2. The molecule has 0 saturated carbocycles. The predicted octanol–water partition coefficient (Wildman–Crippen LogP) is -0.581. The van der Waals surface area contributed by atoms with Crippen LogP contribution < -0.4 is 15.8 Å². The van der Waals surface area contributed by atoms with E-state index < -0.39 is 24.3 Å². The number of anilines is 1. The molecular weight excluding hydrogens is 268 g/mol. The Bertz CT molecular complexity index is 501. The number of carbonyl (C=O) groups is 2. The fourth-order valence-electron chi connectivity index (χ4n) is 1.53. The molecule has 0 bridgehead atoms. The Hall–Kier alpha value is -2.16. The fourth-order valence-corrected chi connectivity index (χ4v) is 1.53.